The van der Waals surface area contributed by atoms with Crippen LogP contribution in [0.2, 0.25) is 25.7 Å². The van der Waals surface area contributed by atoms with E-state index in [1.165, 1.54) is 27.4 Å². The van der Waals surface area contributed by atoms with E-state index >= 15 is 0 Å². The van der Waals surface area contributed by atoms with Crippen LogP contribution in [-0.4, -0.2) is 12.8 Å². The molecule has 4 heteroatoms. The van der Waals surface area contributed by atoms with Crippen molar-refractivity contribution in [3.8, 4) is 0 Å². The normalized spacial score (nSPS) is 14.0. The summed E-state index contributed by atoms with van der Waals surface area (Å²) in [7, 11) is -1.03. The standard InChI is InChI=1S/C27H36N2Si.Ni/c1-6-8-9-25-20-26(23-14-12-22(13-15-23)18-19-30(3,4)5)29(28)27(25)24-16-10-21(7-2)11-17-24;/h10-17,20H,6-9,18-19H2,1-5H3;. The number of hydrogen-bond donors (Lipinski definition) is 0. The van der Waals surface area contributed by atoms with E-state index in [1.807, 2.05) is 0 Å². The molecule has 168 valence electrons. The molecule has 2 aromatic carbocycles. The molecule has 0 spiro atoms. The van der Waals surface area contributed by atoms with Crippen molar-refractivity contribution in [1.29, 1.82) is 0 Å². The molecular formula is C27H36N2NiSi. The summed E-state index contributed by atoms with van der Waals surface area (Å²) in [5.41, 5.74) is 19.0. The van der Waals surface area contributed by atoms with Crippen LogP contribution in [0, 0.1) is 0 Å². The molecule has 0 N–H and O–H groups in total. The van der Waals surface area contributed by atoms with Gasteiger partial charge in [0.2, 0.25) is 11.4 Å². The van der Waals surface area contributed by atoms with Gasteiger partial charge >= 0.3 is 0 Å². The van der Waals surface area contributed by atoms with Crippen LogP contribution >= 0.6 is 0 Å². The number of allylic oxidation sites excluding steroid dienone is 2. The van der Waals surface area contributed by atoms with Crippen LogP contribution in [0.15, 0.2) is 60.2 Å². The Balaban J connectivity index is 0.00000341. The van der Waals surface area contributed by atoms with Gasteiger partial charge in [0.25, 0.3) is 0 Å². The summed E-state index contributed by atoms with van der Waals surface area (Å²) in [6, 6.07) is 18.7. The van der Waals surface area contributed by atoms with E-state index in [0.29, 0.717) is 0 Å². The molecule has 0 unspecified atom stereocenters. The maximum atomic E-state index is 11.1. The van der Waals surface area contributed by atoms with Crippen LogP contribution in [0.4, 0.5) is 0 Å². The zero-order valence-corrected chi connectivity index (χ0v) is 21.6. The van der Waals surface area contributed by atoms with E-state index in [0.717, 1.165) is 54.6 Å². The van der Waals surface area contributed by atoms with Crippen LogP contribution in [0.3, 0.4) is 0 Å². The summed E-state index contributed by atoms with van der Waals surface area (Å²) in [5, 5.41) is 0. The minimum absolute atomic E-state index is 0. The third-order valence-corrected chi connectivity index (χ3v) is 7.65. The molecule has 0 saturated heterocycles. The van der Waals surface area contributed by atoms with Gasteiger partial charge in [-0.25, -0.2) is 4.70 Å². The molecule has 0 aliphatic carbocycles. The van der Waals surface area contributed by atoms with Crippen LogP contribution in [0.1, 0.15) is 55.4 Å². The van der Waals surface area contributed by atoms with Gasteiger partial charge in [-0.2, -0.15) is 0 Å². The van der Waals surface area contributed by atoms with Gasteiger partial charge in [-0.15, -0.1) is 0 Å². The van der Waals surface area contributed by atoms with Gasteiger partial charge in [-0.1, -0.05) is 70.2 Å². The van der Waals surface area contributed by atoms with Crippen LogP contribution < -0.4 is 0 Å². The molecule has 1 aliphatic rings. The maximum absolute atomic E-state index is 11.1. The van der Waals surface area contributed by atoms with E-state index in [2.05, 4.69) is 88.1 Å². The number of aryl methyl sites for hydroxylation is 2. The molecule has 31 heavy (non-hydrogen) atoms. The Morgan fingerprint density at radius 1 is 0.806 bits per heavy atom. The summed E-state index contributed by atoms with van der Waals surface area (Å²) in [6.07, 6.45) is 7.60. The van der Waals surface area contributed by atoms with E-state index in [-0.39, 0.29) is 16.5 Å². The van der Waals surface area contributed by atoms with Crippen molar-refractivity contribution < 1.29 is 21.2 Å². The summed E-state index contributed by atoms with van der Waals surface area (Å²) in [6.45, 7) is 11.7. The smallest absolute Gasteiger partial charge is 0.210 e. The van der Waals surface area contributed by atoms with Gasteiger partial charge in [0.15, 0.2) is 0 Å². The van der Waals surface area contributed by atoms with Gasteiger partial charge in [-0.3, -0.25) is 0 Å². The van der Waals surface area contributed by atoms with Crippen molar-refractivity contribution >= 4 is 19.5 Å². The van der Waals surface area contributed by atoms with Crippen molar-refractivity contribution in [2.75, 3.05) is 0 Å². The zero-order chi connectivity index (χ0) is 21.7. The molecule has 0 saturated carbocycles. The zero-order valence-electron chi connectivity index (χ0n) is 19.6. The predicted molar refractivity (Wildman–Crippen MR) is 132 cm³/mol. The Hall–Kier alpha value is -1.77. The Labute approximate surface area is 199 Å². The van der Waals surface area contributed by atoms with Crippen LogP contribution in [0.5, 0.6) is 0 Å². The SMILES string of the molecule is CCCCC1=C(c2ccc(CC)cc2)[N+](=[N-])C(c2ccc(CC[Si](C)(C)C)cc2)=C1.[Ni]. The minimum atomic E-state index is -1.03. The molecular weight excluding hydrogens is 439 g/mol. The fourth-order valence-electron chi connectivity index (χ4n) is 3.88. The van der Waals surface area contributed by atoms with Gasteiger partial charge in [-0.05, 0) is 61.1 Å². The molecule has 3 rings (SSSR count). The second-order valence-corrected chi connectivity index (χ2v) is 15.2. The fourth-order valence-corrected chi connectivity index (χ4v) is 4.92. The fraction of sp³-hybridized carbons (Fsp3) is 0.407. The summed E-state index contributed by atoms with van der Waals surface area (Å²) in [4.78, 5) is 0. The van der Waals surface area contributed by atoms with Crippen molar-refractivity contribution in [3.05, 3.63) is 88.0 Å². The average molecular weight is 475 g/mol. The first kappa shape index (κ1) is 25.5. The summed E-state index contributed by atoms with van der Waals surface area (Å²) < 4.78 is 1.41. The first-order valence-electron chi connectivity index (χ1n) is 11.4. The van der Waals surface area contributed by atoms with Gasteiger partial charge in [0.1, 0.15) is 0 Å². The molecule has 1 heterocycles. The molecule has 0 radical (unpaired) electrons. The number of hydrogen-bond acceptors (Lipinski definition) is 0. The van der Waals surface area contributed by atoms with Gasteiger partial charge in [0, 0.05) is 47.3 Å². The van der Waals surface area contributed by atoms with Crippen molar-refractivity contribution in [3.63, 3.8) is 0 Å². The number of nitrogens with zero attached hydrogens (tertiary/aromatic N) is 2. The molecule has 0 atom stereocenters. The Kier molecular flexibility index (Phi) is 9.21. The third kappa shape index (κ3) is 6.60. The first-order valence-corrected chi connectivity index (χ1v) is 15.2. The molecule has 0 amide bonds. The first-order chi connectivity index (χ1) is 14.3. The van der Waals surface area contributed by atoms with E-state index in [4.69, 9.17) is 0 Å². The Morgan fingerprint density at radius 3 is 1.94 bits per heavy atom. The average Bonchev–Trinajstić information content (AvgIpc) is 3.06. The third-order valence-electron chi connectivity index (χ3n) is 5.90. The van der Waals surface area contributed by atoms with E-state index < -0.39 is 8.07 Å². The topological polar surface area (TPSA) is 25.3 Å². The molecule has 2 aromatic rings. The molecule has 0 aromatic heterocycles. The number of rotatable bonds is 9. The quantitative estimate of drug-likeness (QED) is 0.259. The predicted octanol–water partition coefficient (Wildman–Crippen LogP) is 8.12. The van der Waals surface area contributed by atoms with Gasteiger partial charge < -0.3 is 5.53 Å². The second kappa shape index (κ2) is 11.2. The van der Waals surface area contributed by atoms with Crippen molar-refractivity contribution in [2.45, 2.75) is 71.6 Å². The van der Waals surface area contributed by atoms with Crippen LogP contribution in [0.25, 0.3) is 16.9 Å². The van der Waals surface area contributed by atoms with Crippen molar-refractivity contribution in [2.24, 2.45) is 0 Å². The largest absolute Gasteiger partial charge is 0.493 e. The summed E-state index contributed by atoms with van der Waals surface area (Å²) >= 11 is 0. The minimum Gasteiger partial charge on any atom is -0.493 e. The van der Waals surface area contributed by atoms with E-state index in [1.54, 1.807) is 0 Å². The molecule has 0 bridgehead atoms. The van der Waals surface area contributed by atoms with Gasteiger partial charge in [0.05, 0.1) is 0 Å². The Bertz CT molecular complexity index is 948. The maximum Gasteiger partial charge on any atom is 0.210 e. The second-order valence-electron chi connectivity index (χ2n) is 9.63. The van der Waals surface area contributed by atoms with Crippen LogP contribution in [-0.2, 0) is 29.3 Å². The number of unbranched alkanes of at least 4 members (excludes halogenated alkanes) is 1. The number of benzene rings is 2. The van der Waals surface area contributed by atoms with E-state index in [9.17, 15) is 5.53 Å². The van der Waals surface area contributed by atoms with Crippen molar-refractivity contribution in [1.82, 2.24) is 0 Å². The molecule has 2 nitrogen and oxygen atoms in total. The molecule has 1 aliphatic heterocycles. The summed E-state index contributed by atoms with van der Waals surface area (Å²) in [5.74, 6) is 0. The monoisotopic (exact) mass is 474 g/mol. The molecule has 0 fully saturated rings. The Morgan fingerprint density at radius 2 is 1.39 bits per heavy atom.